The highest BCUT2D eigenvalue weighted by Gasteiger charge is 2.33. The quantitative estimate of drug-likeness (QED) is 0.846. The van der Waals surface area contributed by atoms with Gasteiger partial charge in [-0.3, -0.25) is 0 Å². The van der Waals surface area contributed by atoms with Crippen LogP contribution in [-0.2, 0) is 6.54 Å². The number of rotatable bonds is 6. The molecule has 3 rings (SSSR count). The molecule has 0 aliphatic carbocycles. The van der Waals surface area contributed by atoms with E-state index in [1.807, 2.05) is 30.0 Å². The van der Waals surface area contributed by atoms with Gasteiger partial charge >= 0.3 is 6.03 Å². The Balaban J connectivity index is 1.81. The first-order valence-electron chi connectivity index (χ1n) is 9.28. The summed E-state index contributed by atoms with van der Waals surface area (Å²) >= 11 is 0. The monoisotopic (exact) mass is 344 g/mol. The van der Waals surface area contributed by atoms with Crippen molar-refractivity contribution in [2.24, 2.45) is 0 Å². The molecule has 0 bridgehead atoms. The highest BCUT2D eigenvalue weighted by atomic mass is 16.3. The predicted octanol–water partition coefficient (Wildman–Crippen LogP) is 3.06. The number of aliphatic hydroxyl groups excluding tert-OH is 1. The minimum atomic E-state index is -0.0253. The van der Waals surface area contributed by atoms with E-state index in [0.29, 0.717) is 6.42 Å². The summed E-state index contributed by atoms with van der Waals surface area (Å²) in [6, 6.07) is 8.21. The van der Waals surface area contributed by atoms with Gasteiger partial charge in [-0.1, -0.05) is 12.1 Å². The van der Waals surface area contributed by atoms with E-state index in [-0.39, 0.29) is 24.7 Å². The van der Waals surface area contributed by atoms with Crippen LogP contribution in [0.5, 0.6) is 0 Å². The van der Waals surface area contributed by atoms with Crippen LogP contribution in [0.4, 0.5) is 4.79 Å². The van der Waals surface area contributed by atoms with Crippen LogP contribution in [0.25, 0.3) is 11.0 Å². The molecule has 6 nitrogen and oxygen atoms in total. The van der Waals surface area contributed by atoms with Crippen molar-refractivity contribution in [1.29, 1.82) is 0 Å². The highest BCUT2D eigenvalue weighted by Crippen LogP contribution is 2.33. The molecular weight excluding hydrogens is 316 g/mol. The molecule has 1 aliphatic rings. The van der Waals surface area contributed by atoms with Gasteiger partial charge in [0.25, 0.3) is 0 Å². The summed E-state index contributed by atoms with van der Waals surface area (Å²) in [6.07, 6.45) is 3.43. The fraction of sp³-hybridized carbons (Fsp3) is 0.579. The maximum absolute atomic E-state index is 12.7. The normalized spacial score (nSPS) is 18.7. The van der Waals surface area contributed by atoms with Gasteiger partial charge in [-0.25, -0.2) is 9.78 Å². The molecule has 0 radical (unpaired) electrons. The number of hydrogen-bond donors (Lipinski definition) is 2. The Labute approximate surface area is 148 Å². The van der Waals surface area contributed by atoms with E-state index < -0.39 is 0 Å². The molecule has 25 heavy (non-hydrogen) atoms. The predicted molar refractivity (Wildman–Crippen MR) is 98.4 cm³/mol. The number of aryl methyl sites for hydroxylation is 1. The molecule has 2 amide bonds. The maximum atomic E-state index is 12.7. The lowest BCUT2D eigenvalue weighted by molar-refractivity contribution is 0.185. The van der Waals surface area contributed by atoms with Crippen LogP contribution in [0.2, 0.25) is 0 Å². The van der Waals surface area contributed by atoms with Gasteiger partial charge in [-0.15, -0.1) is 0 Å². The molecule has 0 saturated carbocycles. The van der Waals surface area contributed by atoms with Crippen molar-refractivity contribution in [3.8, 4) is 0 Å². The van der Waals surface area contributed by atoms with Crippen molar-refractivity contribution in [3.63, 3.8) is 0 Å². The zero-order chi connectivity index (χ0) is 17.8. The van der Waals surface area contributed by atoms with Crippen LogP contribution in [0.15, 0.2) is 24.3 Å². The lowest BCUT2D eigenvalue weighted by atomic mass is 10.2. The first kappa shape index (κ1) is 17.7. The Morgan fingerprint density at radius 1 is 1.44 bits per heavy atom. The van der Waals surface area contributed by atoms with E-state index in [2.05, 4.69) is 22.9 Å². The minimum absolute atomic E-state index is 0.0253. The Bertz CT molecular complexity index is 727. The van der Waals surface area contributed by atoms with E-state index in [1.165, 1.54) is 0 Å². The number of carbonyl (C=O) groups is 1. The zero-order valence-corrected chi connectivity index (χ0v) is 15.1. The number of benzene rings is 1. The first-order valence-corrected chi connectivity index (χ1v) is 9.28. The largest absolute Gasteiger partial charge is 0.396 e. The number of hydrogen-bond acceptors (Lipinski definition) is 3. The second kappa shape index (κ2) is 7.87. The Morgan fingerprint density at radius 3 is 3.00 bits per heavy atom. The molecule has 2 aromatic rings. The lowest BCUT2D eigenvalue weighted by Gasteiger charge is -2.27. The summed E-state index contributed by atoms with van der Waals surface area (Å²) in [5.74, 6) is 0.986. The fourth-order valence-electron chi connectivity index (χ4n) is 3.72. The zero-order valence-electron chi connectivity index (χ0n) is 15.1. The SMILES string of the molecule is CCn1c(C2CCCN2C(=O)NC(C)CCCO)nc2ccccc21. The van der Waals surface area contributed by atoms with Crippen molar-refractivity contribution in [2.75, 3.05) is 13.2 Å². The van der Waals surface area contributed by atoms with Gasteiger partial charge in [0.2, 0.25) is 0 Å². The third kappa shape index (κ3) is 3.63. The smallest absolute Gasteiger partial charge is 0.318 e. The number of amides is 2. The van der Waals surface area contributed by atoms with Gasteiger partial charge in [0.05, 0.1) is 17.1 Å². The number of para-hydroxylation sites is 2. The van der Waals surface area contributed by atoms with E-state index in [9.17, 15) is 4.79 Å². The summed E-state index contributed by atoms with van der Waals surface area (Å²) < 4.78 is 2.22. The molecule has 1 aliphatic heterocycles. The first-order chi connectivity index (χ1) is 12.2. The number of likely N-dealkylation sites (tertiary alicyclic amines) is 1. The minimum Gasteiger partial charge on any atom is -0.396 e. The van der Waals surface area contributed by atoms with Gasteiger partial charge in [0.1, 0.15) is 5.82 Å². The van der Waals surface area contributed by atoms with Crippen molar-refractivity contribution in [1.82, 2.24) is 19.8 Å². The number of urea groups is 1. The number of fused-ring (bicyclic) bond motifs is 1. The Kier molecular flexibility index (Phi) is 5.58. The van der Waals surface area contributed by atoms with Crippen molar-refractivity contribution >= 4 is 17.1 Å². The molecule has 1 aromatic heterocycles. The van der Waals surface area contributed by atoms with Crippen LogP contribution in [0, 0.1) is 0 Å². The summed E-state index contributed by atoms with van der Waals surface area (Å²) in [5.41, 5.74) is 2.12. The number of aliphatic hydroxyl groups is 1. The second-order valence-corrected chi connectivity index (χ2v) is 6.77. The molecule has 136 valence electrons. The number of nitrogens with one attached hydrogen (secondary N) is 1. The van der Waals surface area contributed by atoms with Gasteiger partial charge < -0.3 is 19.9 Å². The highest BCUT2D eigenvalue weighted by molar-refractivity contribution is 5.77. The average molecular weight is 344 g/mol. The van der Waals surface area contributed by atoms with E-state index in [1.54, 1.807) is 0 Å². The second-order valence-electron chi connectivity index (χ2n) is 6.77. The van der Waals surface area contributed by atoms with Gasteiger partial charge in [-0.2, -0.15) is 0 Å². The third-order valence-corrected chi connectivity index (χ3v) is 4.98. The summed E-state index contributed by atoms with van der Waals surface area (Å²) in [6.45, 7) is 5.87. The standard InChI is InChI=1S/C19H28N4O2/c1-3-22-16-10-5-4-9-15(16)21-18(22)17-11-6-12-23(17)19(25)20-14(2)8-7-13-24/h4-5,9-10,14,17,24H,3,6-8,11-13H2,1-2H3,(H,20,25). The molecular formula is C19H28N4O2. The van der Waals surface area contributed by atoms with Crippen LogP contribution in [0.3, 0.4) is 0 Å². The number of carbonyl (C=O) groups excluding carboxylic acids is 1. The third-order valence-electron chi connectivity index (χ3n) is 4.98. The summed E-state index contributed by atoms with van der Waals surface area (Å²) in [7, 11) is 0. The molecule has 0 spiro atoms. The molecule has 2 heterocycles. The van der Waals surface area contributed by atoms with E-state index in [4.69, 9.17) is 10.1 Å². The number of imidazole rings is 1. The maximum Gasteiger partial charge on any atom is 0.318 e. The van der Waals surface area contributed by atoms with E-state index in [0.717, 1.165) is 49.2 Å². The topological polar surface area (TPSA) is 70.4 Å². The van der Waals surface area contributed by atoms with Crippen LogP contribution in [0.1, 0.15) is 51.4 Å². The van der Waals surface area contributed by atoms with E-state index >= 15 is 0 Å². The van der Waals surface area contributed by atoms with Crippen molar-refractivity contribution in [3.05, 3.63) is 30.1 Å². The van der Waals surface area contributed by atoms with Gasteiger partial charge in [-0.05, 0) is 51.7 Å². The average Bonchev–Trinajstić information content (AvgIpc) is 3.23. The lowest BCUT2D eigenvalue weighted by Crippen LogP contribution is -2.44. The molecule has 2 atom stereocenters. The summed E-state index contributed by atoms with van der Waals surface area (Å²) in [5, 5.41) is 12.0. The van der Waals surface area contributed by atoms with Crippen LogP contribution >= 0.6 is 0 Å². The molecule has 2 N–H and O–H groups in total. The molecule has 6 heteroatoms. The molecule has 1 saturated heterocycles. The Morgan fingerprint density at radius 2 is 2.24 bits per heavy atom. The fourth-order valence-corrected chi connectivity index (χ4v) is 3.72. The number of aromatic nitrogens is 2. The van der Waals surface area contributed by atoms with Crippen molar-refractivity contribution in [2.45, 2.75) is 58.2 Å². The van der Waals surface area contributed by atoms with Crippen molar-refractivity contribution < 1.29 is 9.90 Å². The molecule has 1 aromatic carbocycles. The molecule has 2 unspecified atom stereocenters. The van der Waals surface area contributed by atoms with Crippen LogP contribution in [-0.4, -0.2) is 44.8 Å². The van der Waals surface area contributed by atoms with Gasteiger partial charge in [0.15, 0.2) is 0 Å². The Hall–Kier alpha value is -2.08. The van der Waals surface area contributed by atoms with Crippen LogP contribution < -0.4 is 5.32 Å². The van der Waals surface area contributed by atoms with Gasteiger partial charge in [0, 0.05) is 25.7 Å². The number of nitrogens with zero attached hydrogens (tertiary/aromatic N) is 3. The summed E-state index contributed by atoms with van der Waals surface area (Å²) in [4.78, 5) is 19.5. The molecule has 1 fully saturated rings.